The van der Waals surface area contributed by atoms with Gasteiger partial charge in [-0.2, -0.15) is 0 Å². The third-order valence-electron chi connectivity index (χ3n) is 6.77. The van der Waals surface area contributed by atoms with Crippen LogP contribution in [0.1, 0.15) is 49.0 Å². The van der Waals surface area contributed by atoms with Crippen molar-refractivity contribution in [2.45, 2.75) is 50.3 Å². The Morgan fingerprint density at radius 3 is 2.66 bits per heavy atom. The Morgan fingerprint density at radius 2 is 1.90 bits per heavy atom. The third-order valence-corrected chi connectivity index (χ3v) is 8.44. The second-order valence-electron chi connectivity index (χ2n) is 9.42. The highest BCUT2D eigenvalue weighted by molar-refractivity contribution is 7.90. The molecule has 0 aliphatic heterocycles. The van der Waals surface area contributed by atoms with E-state index in [9.17, 15) is 19.0 Å². The molecule has 6 atom stereocenters. The van der Waals surface area contributed by atoms with Crippen molar-refractivity contribution in [1.82, 2.24) is 18.9 Å². The lowest BCUT2D eigenvalue weighted by molar-refractivity contribution is -0.154. The number of anilines is 1. The van der Waals surface area contributed by atoms with Gasteiger partial charge in [0.05, 0.1) is 29.8 Å². The van der Waals surface area contributed by atoms with Gasteiger partial charge in [-0.15, -0.1) is 0 Å². The molecule has 7 rings (SSSR count). The topological polar surface area (TPSA) is 116 Å². The maximum atomic E-state index is 15.5. The fraction of sp³-hybridized carbons (Fsp3) is 0.379. The van der Waals surface area contributed by atoms with Crippen LogP contribution in [0.3, 0.4) is 0 Å². The van der Waals surface area contributed by atoms with Crippen LogP contribution in [0.15, 0.2) is 53.8 Å². The Hall–Kier alpha value is -3.93. The van der Waals surface area contributed by atoms with Gasteiger partial charge in [-0.1, -0.05) is 17.7 Å². The molecule has 3 aliphatic rings. The minimum atomic E-state index is -4.33. The van der Waals surface area contributed by atoms with Gasteiger partial charge in [0.1, 0.15) is 5.82 Å². The molecule has 2 bridgehead atoms. The fourth-order valence-electron chi connectivity index (χ4n) is 4.77. The maximum absolute atomic E-state index is 15.5. The van der Waals surface area contributed by atoms with Crippen molar-refractivity contribution in [1.29, 1.82) is 0 Å². The second-order valence-corrected chi connectivity index (χ2v) is 11.2. The standard InChI is InChI=1S/C29H29F2N5O4S/c1-3-40-29(37)24-17-6-8-18(9-7-17)25(24)34-27-23(31)14-32-26(35-27)22-15-36(28-21(22)12-19(30)13-33-28)41(38,39)20-10-4-16(2)5-11-20/h4-5,10-15,17-18,24-25H,3,6-9H2,1-2H3,(H,32,34,35)/t17?,18?,24-,25-/m0/s1/i6D,7D2,8D,9D2,17D,18D/t6?,8?,17?,18?,24-,25-. The summed E-state index contributed by atoms with van der Waals surface area (Å²) in [6.07, 6.45) is -8.36. The molecule has 12 heteroatoms. The number of carbonyl (C=O) groups is 1. The first-order valence-electron chi connectivity index (χ1n) is 16.7. The quantitative estimate of drug-likeness (QED) is 0.296. The van der Waals surface area contributed by atoms with E-state index in [2.05, 4.69) is 20.3 Å². The molecule has 3 aromatic heterocycles. The summed E-state index contributed by atoms with van der Waals surface area (Å²) in [7, 11) is -4.33. The fourth-order valence-corrected chi connectivity index (χ4v) is 6.09. The van der Waals surface area contributed by atoms with Gasteiger partial charge >= 0.3 is 5.97 Å². The van der Waals surface area contributed by atoms with Crippen LogP contribution in [0.2, 0.25) is 0 Å². The minimum absolute atomic E-state index is 0.0933. The number of hydrogen-bond acceptors (Lipinski definition) is 8. The summed E-state index contributed by atoms with van der Waals surface area (Å²) in [5.41, 5.74) is 0.432. The highest BCUT2D eigenvalue weighted by Crippen LogP contribution is 2.47. The van der Waals surface area contributed by atoms with Crippen LogP contribution in [0, 0.1) is 36.3 Å². The number of rotatable bonds is 7. The molecular weight excluding hydrogens is 552 g/mol. The molecule has 0 saturated heterocycles. The molecule has 3 saturated carbocycles. The maximum Gasteiger partial charge on any atom is 0.311 e. The zero-order chi connectivity index (χ0) is 36.1. The molecule has 3 aliphatic carbocycles. The van der Waals surface area contributed by atoms with Crippen molar-refractivity contribution in [3.63, 3.8) is 0 Å². The molecule has 0 radical (unpaired) electrons. The van der Waals surface area contributed by atoms with Crippen molar-refractivity contribution in [3.05, 3.63) is 66.1 Å². The molecule has 3 fully saturated rings. The van der Waals surface area contributed by atoms with E-state index in [1.54, 1.807) is 19.1 Å². The summed E-state index contributed by atoms with van der Waals surface area (Å²) in [6, 6.07) is 4.82. The number of ether oxygens (including phenoxy) is 1. The smallest absolute Gasteiger partial charge is 0.311 e. The summed E-state index contributed by atoms with van der Waals surface area (Å²) in [4.78, 5) is 25.2. The van der Waals surface area contributed by atoms with E-state index in [-0.39, 0.29) is 28.1 Å². The van der Waals surface area contributed by atoms with Crippen LogP contribution in [0.4, 0.5) is 14.6 Å². The lowest BCUT2D eigenvalue weighted by atomic mass is 9.61. The number of benzene rings is 1. The van der Waals surface area contributed by atoms with E-state index in [4.69, 9.17) is 14.3 Å². The average Bonchev–Trinajstić information content (AvgIpc) is 3.42. The Kier molecular flexibility index (Phi) is 4.92. The predicted octanol–water partition coefficient (Wildman–Crippen LogP) is 5.10. The molecule has 4 aromatic rings. The Balaban J connectivity index is 1.52. The van der Waals surface area contributed by atoms with Crippen LogP contribution in [-0.2, 0) is 19.6 Å². The van der Waals surface area contributed by atoms with E-state index in [0.717, 1.165) is 28.0 Å². The summed E-state index contributed by atoms with van der Waals surface area (Å²) in [5.74, 6) is -12.6. The molecule has 214 valence electrons. The van der Waals surface area contributed by atoms with Gasteiger partial charge in [-0.25, -0.2) is 36.1 Å². The van der Waals surface area contributed by atoms with Gasteiger partial charge in [0.2, 0.25) is 0 Å². The Labute approximate surface area is 247 Å². The van der Waals surface area contributed by atoms with Gasteiger partial charge in [0, 0.05) is 34.2 Å². The van der Waals surface area contributed by atoms with Crippen molar-refractivity contribution >= 4 is 32.8 Å². The molecular formula is C29H29F2N5O4S. The van der Waals surface area contributed by atoms with Crippen molar-refractivity contribution in [3.8, 4) is 11.4 Å². The number of halogens is 2. The Morgan fingerprint density at radius 1 is 1.17 bits per heavy atom. The number of nitrogens with one attached hydrogen (secondary N) is 1. The largest absolute Gasteiger partial charge is 0.466 e. The SMILES string of the molecule is [2H]C1C([2H])C2([2H])[C@H](C(=O)OCC)[C@@H](Nc3nc(-c4cn(S(=O)(=O)c5ccc(C)cc5)c5ncc(F)cc45)ncc3F)C1([2H])C([2H])([2H])C2([2H])[2H]. The number of nitrogens with zero attached hydrogens (tertiary/aromatic N) is 4. The van der Waals surface area contributed by atoms with Crippen molar-refractivity contribution < 1.29 is 37.7 Å². The number of carbonyl (C=O) groups excluding carboxylic acids is 1. The van der Waals surface area contributed by atoms with E-state index < -0.39 is 88.6 Å². The summed E-state index contributed by atoms with van der Waals surface area (Å²) >= 11 is 0. The summed E-state index contributed by atoms with van der Waals surface area (Å²) in [5, 5.41) is 2.37. The van der Waals surface area contributed by atoms with E-state index in [1.165, 1.54) is 19.1 Å². The number of pyridine rings is 1. The highest BCUT2D eigenvalue weighted by atomic mass is 32.2. The first kappa shape index (κ1) is 19.2. The van der Waals surface area contributed by atoms with Crippen LogP contribution in [0.5, 0.6) is 0 Å². The first-order valence-corrected chi connectivity index (χ1v) is 14.0. The zero-order valence-corrected chi connectivity index (χ0v) is 22.5. The molecule has 0 amide bonds. The van der Waals surface area contributed by atoms with Gasteiger partial charge < -0.3 is 10.1 Å². The zero-order valence-electron chi connectivity index (χ0n) is 29.7. The average molecular weight is 590 g/mol. The van der Waals surface area contributed by atoms with Crippen molar-refractivity contribution in [2.75, 3.05) is 11.9 Å². The lowest BCUT2D eigenvalue weighted by Crippen LogP contribution is -2.52. The predicted molar refractivity (Wildman–Crippen MR) is 147 cm³/mol. The molecule has 0 spiro atoms. The highest BCUT2D eigenvalue weighted by Gasteiger charge is 2.48. The van der Waals surface area contributed by atoms with Gasteiger partial charge in [0.25, 0.3) is 10.0 Å². The molecule has 1 aromatic carbocycles. The van der Waals surface area contributed by atoms with Crippen LogP contribution in [-0.4, -0.2) is 46.0 Å². The number of hydrogen-bond donors (Lipinski definition) is 1. The molecule has 1 N–H and O–H groups in total. The number of aryl methyl sites for hydroxylation is 1. The molecule has 9 nitrogen and oxygen atoms in total. The Bertz CT molecular complexity index is 2110. The molecule has 4 unspecified atom stereocenters. The third kappa shape index (κ3) is 4.83. The minimum Gasteiger partial charge on any atom is -0.466 e. The monoisotopic (exact) mass is 589 g/mol. The molecule has 41 heavy (non-hydrogen) atoms. The number of aromatic nitrogens is 4. The number of esters is 1. The van der Waals surface area contributed by atoms with Crippen LogP contribution >= 0.6 is 0 Å². The summed E-state index contributed by atoms with van der Waals surface area (Å²) in [6.45, 7) is 2.91. The first-order chi connectivity index (χ1) is 22.8. The van der Waals surface area contributed by atoms with Crippen LogP contribution < -0.4 is 5.32 Å². The summed E-state index contributed by atoms with van der Waals surface area (Å²) < 4.78 is 133. The molecule has 3 heterocycles. The second kappa shape index (κ2) is 10.5. The van der Waals surface area contributed by atoms with E-state index >= 15 is 4.39 Å². The van der Waals surface area contributed by atoms with Gasteiger partial charge in [0.15, 0.2) is 23.1 Å². The van der Waals surface area contributed by atoms with Gasteiger partial charge in [-0.3, -0.25) is 4.79 Å². The van der Waals surface area contributed by atoms with Crippen LogP contribution in [0.25, 0.3) is 22.4 Å². The number of fused-ring (bicyclic) bond motifs is 4. The van der Waals surface area contributed by atoms with E-state index in [0.29, 0.717) is 6.20 Å². The van der Waals surface area contributed by atoms with Crippen molar-refractivity contribution in [2.24, 2.45) is 17.7 Å². The van der Waals surface area contributed by atoms with Gasteiger partial charge in [-0.05, 0) is 69.4 Å². The lowest BCUT2D eigenvalue weighted by Gasteiger charge is -2.47. The normalized spacial score (nSPS) is 34.6. The van der Waals surface area contributed by atoms with E-state index in [1.807, 2.05) is 0 Å².